The topological polar surface area (TPSA) is 63.7 Å². The van der Waals surface area contributed by atoms with Crippen LogP contribution in [0, 0.1) is 17.5 Å². The number of carbonyl (C=O) groups excluding carboxylic acids is 1. The summed E-state index contributed by atoms with van der Waals surface area (Å²) in [5, 5.41) is -0.729. The van der Waals surface area contributed by atoms with Crippen molar-refractivity contribution in [3.8, 4) is 0 Å². The molecule has 0 aromatic heterocycles. The molecule has 3 rings (SSSR count). The first-order chi connectivity index (χ1) is 13.7. The van der Waals surface area contributed by atoms with Crippen LogP contribution in [0.3, 0.4) is 0 Å². The maximum absolute atomic E-state index is 13.9. The van der Waals surface area contributed by atoms with Crippen molar-refractivity contribution in [1.82, 2.24) is 4.90 Å². The maximum Gasteiger partial charge on any atom is 0.339 e. The number of carbonyl (C=O) groups is 1. The molecule has 1 fully saturated rings. The highest BCUT2D eigenvalue weighted by atomic mass is 32.2. The fourth-order valence-corrected chi connectivity index (χ4v) is 5.41. The molecule has 0 N–H and O–H groups in total. The number of sulfone groups is 1. The van der Waals surface area contributed by atoms with E-state index in [4.69, 9.17) is 0 Å². The lowest BCUT2D eigenvalue weighted by atomic mass is 10.1. The Balaban J connectivity index is 1.74. The first kappa shape index (κ1) is 21.3. The molecule has 2 aromatic carbocycles. The number of nitrogens with zero attached hydrogens (tertiary/aromatic N) is 1. The van der Waals surface area contributed by atoms with Crippen molar-refractivity contribution in [1.29, 1.82) is 0 Å². The molecule has 0 bridgehead atoms. The van der Waals surface area contributed by atoms with Crippen molar-refractivity contribution >= 4 is 15.8 Å². The Hall–Kier alpha value is -2.39. The Labute approximate surface area is 167 Å². The van der Waals surface area contributed by atoms with E-state index in [1.807, 2.05) is 0 Å². The Morgan fingerprint density at radius 1 is 1.10 bits per heavy atom. The SMILES string of the molecule is COC(=O)c1ccccc1S(=O)(=O)C1CCN(Cc2c(F)cc(F)cc2F)CC1. The predicted molar refractivity (Wildman–Crippen MR) is 99.6 cm³/mol. The zero-order chi connectivity index (χ0) is 21.2. The van der Waals surface area contributed by atoms with Gasteiger partial charge in [-0.1, -0.05) is 12.1 Å². The average molecular weight is 427 g/mol. The largest absolute Gasteiger partial charge is 0.465 e. The highest BCUT2D eigenvalue weighted by Crippen LogP contribution is 2.28. The van der Waals surface area contributed by atoms with Crippen molar-refractivity contribution in [3.05, 3.63) is 65.0 Å². The van der Waals surface area contributed by atoms with Gasteiger partial charge >= 0.3 is 5.97 Å². The molecule has 0 saturated carbocycles. The molecule has 2 aromatic rings. The first-order valence-corrected chi connectivity index (χ1v) is 10.6. The quantitative estimate of drug-likeness (QED) is 0.685. The fourth-order valence-electron chi connectivity index (χ4n) is 3.50. The van der Waals surface area contributed by atoms with E-state index in [0.717, 1.165) is 0 Å². The molecule has 0 radical (unpaired) electrons. The van der Waals surface area contributed by atoms with Gasteiger partial charge in [0.15, 0.2) is 9.84 Å². The monoisotopic (exact) mass is 427 g/mol. The van der Waals surface area contributed by atoms with Crippen LogP contribution in [-0.4, -0.2) is 44.7 Å². The second-order valence-corrected chi connectivity index (χ2v) is 9.05. The zero-order valence-electron chi connectivity index (χ0n) is 15.7. The summed E-state index contributed by atoms with van der Waals surface area (Å²) in [4.78, 5) is 13.6. The van der Waals surface area contributed by atoms with Crippen LogP contribution in [0.25, 0.3) is 0 Å². The normalized spacial score (nSPS) is 16.0. The van der Waals surface area contributed by atoms with E-state index in [9.17, 15) is 26.4 Å². The van der Waals surface area contributed by atoms with E-state index in [2.05, 4.69) is 4.74 Å². The summed E-state index contributed by atoms with van der Waals surface area (Å²) in [5.74, 6) is -3.66. The highest BCUT2D eigenvalue weighted by molar-refractivity contribution is 7.92. The molecule has 0 atom stereocenters. The molecule has 29 heavy (non-hydrogen) atoms. The second-order valence-electron chi connectivity index (χ2n) is 6.86. The van der Waals surface area contributed by atoms with Crippen LogP contribution in [0.5, 0.6) is 0 Å². The lowest BCUT2D eigenvalue weighted by Gasteiger charge is -2.32. The van der Waals surface area contributed by atoms with Crippen LogP contribution >= 0.6 is 0 Å². The van der Waals surface area contributed by atoms with Gasteiger partial charge in [0.05, 0.1) is 22.8 Å². The third-order valence-corrected chi connectivity index (χ3v) is 7.38. The summed E-state index contributed by atoms with van der Waals surface area (Å²) in [6.45, 7) is 0.505. The van der Waals surface area contributed by atoms with Crippen molar-refractivity contribution in [3.63, 3.8) is 0 Å². The summed E-state index contributed by atoms with van der Waals surface area (Å²) in [6.07, 6.45) is 0.477. The molecular weight excluding hydrogens is 407 g/mol. The standard InChI is InChI=1S/C20H20F3NO4S/c1-28-20(25)15-4-2-3-5-19(15)29(26,27)14-6-8-24(9-7-14)12-16-17(22)10-13(21)11-18(16)23/h2-5,10-11,14H,6-9,12H2,1H3. The van der Waals surface area contributed by atoms with E-state index >= 15 is 0 Å². The van der Waals surface area contributed by atoms with Gasteiger partial charge in [0, 0.05) is 24.2 Å². The molecule has 1 saturated heterocycles. The van der Waals surface area contributed by atoms with E-state index in [1.165, 1.54) is 25.3 Å². The molecule has 0 spiro atoms. The van der Waals surface area contributed by atoms with Gasteiger partial charge in [0.1, 0.15) is 17.5 Å². The lowest BCUT2D eigenvalue weighted by Crippen LogP contribution is -2.39. The number of piperidine rings is 1. The van der Waals surface area contributed by atoms with Gasteiger partial charge in [0.2, 0.25) is 0 Å². The number of halogens is 3. The minimum absolute atomic E-state index is 0.0205. The summed E-state index contributed by atoms with van der Waals surface area (Å²) in [6, 6.07) is 7.11. The molecule has 0 amide bonds. The molecule has 156 valence electrons. The molecular formula is C20H20F3NO4S. The van der Waals surface area contributed by atoms with E-state index in [-0.39, 0.29) is 35.4 Å². The van der Waals surface area contributed by atoms with Gasteiger partial charge in [-0.3, -0.25) is 4.90 Å². The molecule has 5 nitrogen and oxygen atoms in total. The Bertz CT molecular complexity index is 995. The van der Waals surface area contributed by atoms with Crippen molar-refractivity contribution < 1.29 is 31.1 Å². The predicted octanol–water partition coefficient (Wildman–Crippen LogP) is 3.33. The Morgan fingerprint density at radius 2 is 1.69 bits per heavy atom. The Morgan fingerprint density at radius 3 is 2.28 bits per heavy atom. The number of ether oxygens (including phenoxy) is 1. The van der Waals surface area contributed by atoms with Gasteiger partial charge in [-0.25, -0.2) is 26.4 Å². The van der Waals surface area contributed by atoms with Crippen LogP contribution in [0.1, 0.15) is 28.8 Å². The number of likely N-dealkylation sites (tertiary alicyclic amines) is 1. The molecule has 1 heterocycles. The molecule has 0 aliphatic carbocycles. The van der Waals surface area contributed by atoms with Crippen LogP contribution in [-0.2, 0) is 21.1 Å². The van der Waals surface area contributed by atoms with Crippen LogP contribution in [0.2, 0.25) is 0 Å². The summed E-state index contributed by atoms with van der Waals surface area (Å²) in [7, 11) is -2.61. The fraction of sp³-hybridized carbons (Fsp3) is 0.350. The first-order valence-electron chi connectivity index (χ1n) is 9.01. The van der Waals surface area contributed by atoms with Gasteiger partial charge < -0.3 is 4.74 Å². The number of hydrogen-bond donors (Lipinski definition) is 0. The van der Waals surface area contributed by atoms with Crippen molar-refractivity contribution in [2.75, 3.05) is 20.2 Å². The van der Waals surface area contributed by atoms with E-state index in [1.54, 1.807) is 11.0 Å². The Kier molecular flexibility index (Phi) is 6.28. The molecule has 1 aliphatic rings. The molecule has 0 unspecified atom stereocenters. The number of benzene rings is 2. The van der Waals surface area contributed by atoms with Gasteiger partial charge in [-0.05, 0) is 38.1 Å². The van der Waals surface area contributed by atoms with Crippen molar-refractivity contribution in [2.45, 2.75) is 29.5 Å². The second kappa shape index (κ2) is 8.54. The third kappa shape index (κ3) is 4.45. The summed E-state index contributed by atoms with van der Waals surface area (Å²) >= 11 is 0. The van der Waals surface area contributed by atoms with E-state index in [0.29, 0.717) is 25.2 Å². The lowest BCUT2D eigenvalue weighted by molar-refractivity contribution is 0.0596. The van der Waals surface area contributed by atoms with Crippen LogP contribution in [0.4, 0.5) is 13.2 Å². The zero-order valence-corrected chi connectivity index (χ0v) is 16.5. The minimum Gasteiger partial charge on any atom is -0.465 e. The van der Waals surface area contributed by atoms with Gasteiger partial charge in [0.25, 0.3) is 0 Å². The summed E-state index contributed by atoms with van der Waals surface area (Å²) < 4.78 is 71.5. The minimum atomic E-state index is -3.79. The van der Waals surface area contributed by atoms with Gasteiger partial charge in [-0.15, -0.1) is 0 Å². The van der Waals surface area contributed by atoms with Crippen LogP contribution in [0.15, 0.2) is 41.3 Å². The highest BCUT2D eigenvalue weighted by Gasteiger charge is 2.34. The number of rotatable bonds is 5. The number of hydrogen-bond acceptors (Lipinski definition) is 5. The van der Waals surface area contributed by atoms with Crippen molar-refractivity contribution in [2.24, 2.45) is 0 Å². The summed E-state index contributed by atoms with van der Waals surface area (Å²) in [5.41, 5.74) is -0.267. The molecule has 9 heteroatoms. The van der Waals surface area contributed by atoms with Gasteiger partial charge in [-0.2, -0.15) is 0 Å². The maximum atomic E-state index is 13.9. The molecule has 1 aliphatic heterocycles. The number of esters is 1. The average Bonchev–Trinajstić information content (AvgIpc) is 2.70. The third-order valence-electron chi connectivity index (χ3n) is 5.06. The van der Waals surface area contributed by atoms with E-state index < -0.39 is 38.5 Å². The smallest absolute Gasteiger partial charge is 0.339 e. The van der Waals surface area contributed by atoms with Crippen LogP contribution < -0.4 is 0 Å². The number of methoxy groups -OCH3 is 1.